The summed E-state index contributed by atoms with van der Waals surface area (Å²) in [5, 5.41) is 0. The summed E-state index contributed by atoms with van der Waals surface area (Å²) in [5.74, 6) is -0.124. The molecule has 0 radical (unpaired) electrons. The zero-order valence-electron chi connectivity index (χ0n) is 15.7. The summed E-state index contributed by atoms with van der Waals surface area (Å²) in [6.07, 6.45) is 5.53. The van der Waals surface area contributed by atoms with Gasteiger partial charge < -0.3 is 18.9 Å². The third-order valence-corrected chi connectivity index (χ3v) is 4.21. The van der Waals surface area contributed by atoms with Crippen LogP contribution in [0.3, 0.4) is 0 Å². The first-order valence-electron chi connectivity index (χ1n) is 8.95. The average Bonchev–Trinajstić information content (AvgIpc) is 3.07. The lowest BCUT2D eigenvalue weighted by Gasteiger charge is -2.23. The van der Waals surface area contributed by atoms with Crippen molar-refractivity contribution in [2.24, 2.45) is 0 Å². The van der Waals surface area contributed by atoms with E-state index < -0.39 is 5.97 Å². The minimum absolute atomic E-state index is 0.0765. The van der Waals surface area contributed by atoms with Crippen molar-refractivity contribution in [2.45, 2.75) is 38.2 Å². The molecule has 1 aromatic carbocycles. The topological polar surface area (TPSA) is 71.1 Å². The van der Waals surface area contributed by atoms with Crippen LogP contribution in [0.25, 0.3) is 0 Å². The maximum absolute atomic E-state index is 11.9. The number of hydrogen-bond acceptors (Lipinski definition) is 6. The van der Waals surface area contributed by atoms with E-state index in [9.17, 15) is 9.59 Å². The molecule has 6 nitrogen and oxygen atoms in total. The van der Waals surface area contributed by atoms with Crippen molar-refractivity contribution >= 4 is 11.9 Å². The summed E-state index contributed by atoms with van der Waals surface area (Å²) in [6, 6.07) is 6.39. The Morgan fingerprint density at radius 3 is 2.37 bits per heavy atom. The van der Waals surface area contributed by atoms with Crippen LogP contribution in [0.15, 0.2) is 49.1 Å². The fourth-order valence-corrected chi connectivity index (χ4v) is 2.78. The van der Waals surface area contributed by atoms with Gasteiger partial charge in [0.2, 0.25) is 0 Å². The Labute approximate surface area is 159 Å². The molecule has 0 N–H and O–H groups in total. The van der Waals surface area contributed by atoms with Crippen molar-refractivity contribution in [3.63, 3.8) is 0 Å². The molecule has 1 aromatic rings. The Morgan fingerprint density at radius 1 is 1.11 bits per heavy atom. The van der Waals surface area contributed by atoms with Crippen LogP contribution in [-0.4, -0.2) is 37.4 Å². The zero-order chi connectivity index (χ0) is 19.7. The molecule has 1 aliphatic carbocycles. The molecule has 0 unspecified atom stereocenters. The molecule has 1 saturated carbocycles. The molecule has 1 aliphatic rings. The highest BCUT2D eigenvalue weighted by molar-refractivity contribution is 5.89. The molecule has 1 fully saturated rings. The molecule has 27 heavy (non-hydrogen) atoms. The molecule has 6 heteroatoms. The summed E-state index contributed by atoms with van der Waals surface area (Å²) in [4.78, 5) is 23.8. The van der Waals surface area contributed by atoms with Crippen molar-refractivity contribution in [1.29, 1.82) is 0 Å². The van der Waals surface area contributed by atoms with E-state index in [4.69, 9.17) is 18.9 Å². The van der Waals surface area contributed by atoms with Gasteiger partial charge in [-0.15, -0.1) is 6.58 Å². The van der Waals surface area contributed by atoms with E-state index >= 15 is 0 Å². The minimum atomic E-state index is -0.568. The summed E-state index contributed by atoms with van der Waals surface area (Å²) in [6.45, 7) is 9.35. The Bertz CT molecular complexity index is 670. The van der Waals surface area contributed by atoms with Gasteiger partial charge in [-0.1, -0.05) is 12.7 Å². The summed E-state index contributed by atoms with van der Waals surface area (Å²) < 4.78 is 21.3. The largest absolute Gasteiger partial charge is 0.482 e. The van der Waals surface area contributed by atoms with Gasteiger partial charge in [-0.05, 0) is 56.9 Å². The fourth-order valence-electron chi connectivity index (χ4n) is 2.78. The molecule has 146 valence electrons. The lowest BCUT2D eigenvalue weighted by molar-refractivity contribution is -0.159. The van der Waals surface area contributed by atoms with Crippen molar-refractivity contribution in [3.05, 3.63) is 49.1 Å². The molecular formula is C21H26O6. The van der Waals surface area contributed by atoms with Crippen LogP contribution in [0, 0.1) is 0 Å². The second-order valence-electron chi connectivity index (χ2n) is 6.69. The van der Waals surface area contributed by atoms with E-state index in [1.807, 2.05) is 6.92 Å². The number of benzene rings is 1. The normalized spacial score (nSPS) is 15.0. The van der Waals surface area contributed by atoms with Crippen LogP contribution in [-0.2, 0) is 19.1 Å². The molecule has 0 atom stereocenters. The lowest BCUT2D eigenvalue weighted by Crippen LogP contribution is -2.30. The zero-order valence-corrected chi connectivity index (χ0v) is 15.7. The molecule has 0 amide bonds. The quantitative estimate of drug-likeness (QED) is 0.205. The van der Waals surface area contributed by atoms with Crippen molar-refractivity contribution < 1.29 is 28.5 Å². The van der Waals surface area contributed by atoms with E-state index in [1.165, 1.54) is 0 Å². The number of ether oxygens (including phenoxy) is 4. The molecule has 0 bridgehead atoms. The van der Waals surface area contributed by atoms with Crippen LogP contribution in [0.2, 0.25) is 0 Å². The Morgan fingerprint density at radius 2 is 1.74 bits per heavy atom. The van der Waals surface area contributed by atoms with Crippen LogP contribution in [0.1, 0.15) is 32.6 Å². The third-order valence-electron chi connectivity index (χ3n) is 4.21. The van der Waals surface area contributed by atoms with Crippen molar-refractivity contribution in [1.82, 2.24) is 0 Å². The highest BCUT2D eigenvalue weighted by atomic mass is 16.6. The van der Waals surface area contributed by atoms with E-state index in [1.54, 1.807) is 30.3 Å². The number of hydrogen-bond donors (Lipinski definition) is 0. The monoisotopic (exact) mass is 374 g/mol. The second-order valence-corrected chi connectivity index (χ2v) is 6.69. The van der Waals surface area contributed by atoms with Gasteiger partial charge in [0.05, 0.1) is 18.8 Å². The maximum Gasteiger partial charge on any atom is 0.344 e. The van der Waals surface area contributed by atoms with Crippen LogP contribution in [0.5, 0.6) is 11.5 Å². The smallest absolute Gasteiger partial charge is 0.344 e. The first-order valence-corrected chi connectivity index (χ1v) is 8.95. The molecule has 0 saturated heterocycles. The second kappa shape index (κ2) is 9.92. The highest BCUT2D eigenvalue weighted by Crippen LogP contribution is 2.32. The fraction of sp³-hybridized carbons (Fsp3) is 0.429. The minimum Gasteiger partial charge on any atom is -0.482 e. The number of rotatable bonds is 10. The summed E-state index contributed by atoms with van der Waals surface area (Å²) in [5.41, 5.74) is -0.156. The summed E-state index contributed by atoms with van der Waals surface area (Å²) >= 11 is 0. The first kappa shape index (κ1) is 20.7. The standard InChI is InChI=1S/C21H26O6/c1-4-13-24-14-16(2)20(23)26-18-9-7-17(8-10-18)25-15-19(22)27-21(3)11-5-6-12-21/h4,7-10H,1-2,5-6,11-15H2,3H3. The molecule has 0 aliphatic heterocycles. The molecule has 0 aromatic heterocycles. The third kappa shape index (κ3) is 6.90. The van der Waals surface area contributed by atoms with Crippen molar-refractivity contribution in [2.75, 3.05) is 19.8 Å². The van der Waals surface area contributed by atoms with Crippen LogP contribution in [0.4, 0.5) is 0 Å². The average molecular weight is 374 g/mol. The SMILES string of the molecule is C=CCOCC(=C)C(=O)Oc1ccc(OCC(=O)OC2(C)CCCC2)cc1. The predicted octanol–water partition coefficient (Wildman–Crippen LogP) is 3.61. The number of esters is 2. The van der Waals surface area contributed by atoms with Crippen LogP contribution < -0.4 is 9.47 Å². The van der Waals surface area contributed by atoms with Crippen molar-refractivity contribution in [3.8, 4) is 11.5 Å². The molecule has 2 rings (SSSR count). The van der Waals surface area contributed by atoms with Gasteiger partial charge in [-0.3, -0.25) is 0 Å². The van der Waals surface area contributed by atoms with Gasteiger partial charge in [0.1, 0.15) is 17.1 Å². The molecule has 0 spiro atoms. The van der Waals surface area contributed by atoms with E-state index in [0.29, 0.717) is 18.1 Å². The Balaban J connectivity index is 1.75. The van der Waals surface area contributed by atoms with Crippen LogP contribution >= 0.6 is 0 Å². The van der Waals surface area contributed by atoms with Gasteiger partial charge in [0, 0.05) is 0 Å². The van der Waals surface area contributed by atoms with Gasteiger partial charge >= 0.3 is 11.9 Å². The van der Waals surface area contributed by atoms with E-state index in [0.717, 1.165) is 25.7 Å². The predicted molar refractivity (Wildman–Crippen MR) is 101 cm³/mol. The Hall–Kier alpha value is -2.60. The number of carbonyl (C=O) groups is 2. The Kier molecular flexibility index (Phi) is 7.61. The summed E-state index contributed by atoms with van der Waals surface area (Å²) in [7, 11) is 0. The van der Waals surface area contributed by atoms with E-state index in [2.05, 4.69) is 13.2 Å². The highest BCUT2D eigenvalue weighted by Gasteiger charge is 2.32. The van der Waals surface area contributed by atoms with Gasteiger partial charge in [-0.2, -0.15) is 0 Å². The first-order chi connectivity index (χ1) is 12.9. The van der Waals surface area contributed by atoms with Gasteiger partial charge in [-0.25, -0.2) is 9.59 Å². The van der Waals surface area contributed by atoms with E-state index in [-0.39, 0.29) is 30.4 Å². The molecule has 0 heterocycles. The molecular weight excluding hydrogens is 348 g/mol. The maximum atomic E-state index is 11.9. The van der Waals surface area contributed by atoms with Gasteiger partial charge in [0.15, 0.2) is 6.61 Å². The lowest BCUT2D eigenvalue weighted by atomic mass is 10.1. The number of carbonyl (C=O) groups excluding carboxylic acids is 2. The van der Waals surface area contributed by atoms with Gasteiger partial charge in [0.25, 0.3) is 0 Å².